The van der Waals surface area contributed by atoms with E-state index in [-0.39, 0.29) is 10.8 Å². The molecule has 0 unspecified atom stereocenters. The van der Waals surface area contributed by atoms with Crippen molar-refractivity contribution in [2.75, 3.05) is 13.1 Å². The topological polar surface area (TPSA) is 97.2 Å². The second-order valence-electron chi connectivity index (χ2n) is 7.22. The molecule has 28 heavy (non-hydrogen) atoms. The highest BCUT2D eigenvalue weighted by atomic mass is 32.2. The van der Waals surface area contributed by atoms with Crippen molar-refractivity contribution in [2.45, 2.75) is 23.7 Å². The SMILES string of the molecule is Cn1cc(S(=O)(=O)N2CCC(c3c[nH]c4ccccc34)CC2)c(=O)n(C)c1=O. The van der Waals surface area contributed by atoms with Crippen LogP contribution < -0.4 is 11.2 Å². The molecule has 1 saturated heterocycles. The van der Waals surface area contributed by atoms with E-state index in [9.17, 15) is 18.0 Å². The molecule has 3 heterocycles. The molecular formula is C19H22N4O4S. The fraction of sp³-hybridized carbons (Fsp3) is 0.368. The molecule has 0 amide bonds. The highest BCUT2D eigenvalue weighted by molar-refractivity contribution is 7.89. The number of piperidine rings is 1. The summed E-state index contributed by atoms with van der Waals surface area (Å²) in [5.41, 5.74) is 0.927. The van der Waals surface area contributed by atoms with Crippen molar-refractivity contribution in [3.63, 3.8) is 0 Å². The Balaban J connectivity index is 1.60. The van der Waals surface area contributed by atoms with Crippen molar-refractivity contribution in [3.05, 3.63) is 63.1 Å². The third-order valence-corrected chi connectivity index (χ3v) is 7.43. The molecule has 2 aromatic heterocycles. The second-order valence-corrected chi connectivity index (χ2v) is 9.13. The van der Waals surface area contributed by atoms with Crippen LogP contribution in [-0.2, 0) is 24.1 Å². The van der Waals surface area contributed by atoms with E-state index in [2.05, 4.69) is 11.1 Å². The number of para-hydroxylation sites is 1. The maximum atomic E-state index is 13.0. The van der Waals surface area contributed by atoms with Gasteiger partial charge in [0.2, 0.25) is 10.0 Å². The van der Waals surface area contributed by atoms with Gasteiger partial charge in [-0.2, -0.15) is 4.31 Å². The molecule has 8 nitrogen and oxygen atoms in total. The molecule has 0 aliphatic carbocycles. The van der Waals surface area contributed by atoms with Gasteiger partial charge >= 0.3 is 5.69 Å². The Morgan fingerprint density at radius 2 is 1.75 bits per heavy atom. The van der Waals surface area contributed by atoms with Crippen LogP contribution in [0.5, 0.6) is 0 Å². The number of hydrogen-bond acceptors (Lipinski definition) is 4. The van der Waals surface area contributed by atoms with Crippen LogP contribution in [0.3, 0.4) is 0 Å². The fourth-order valence-corrected chi connectivity index (χ4v) is 5.55. The van der Waals surface area contributed by atoms with Crippen molar-refractivity contribution in [2.24, 2.45) is 14.1 Å². The van der Waals surface area contributed by atoms with Crippen molar-refractivity contribution in [1.82, 2.24) is 18.4 Å². The smallest absolute Gasteiger partial charge is 0.330 e. The first-order valence-corrected chi connectivity index (χ1v) is 10.6. The van der Waals surface area contributed by atoms with Crippen LogP contribution in [-0.4, -0.2) is 39.9 Å². The molecule has 148 valence electrons. The summed E-state index contributed by atoms with van der Waals surface area (Å²) in [5.74, 6) is 0.255. The van der Waals surface area contributed by atoms with Crippen LogP contribution in [0, 0.1) is 0 Å². The Morgan fingerprint density at radius 3 is 2.46 bits per heavy atom. The molecule has 4 rings (SSSR count). The second kappa shape index (κ2) is 6.75. The maximum absolute atomic E-state index is 13.0. The lowest BCUT2D eigenvalue weighted by molar-refractivity contribution is 0.319. The van der Waals surface area contributed by atoms with E-state index in [0.717, 1.165) is 26.2 Å². The van der Waals surface area contributed by atoms with Gasteiger partial charge in [0.15, 0.2) is 4.90 Å². The number of aryl methyl sites for hydroxylation is 1. The molecule has 1 fully saturated rings. The van der Waals surface area contributed by atoms with Crippen LogP contribution in [0.15, 0.2) is 51.1 Å². The third-order valence-electron chi connectivity index (χ3n) is 5.55. The van der Waals surface area contributed by atoms with E-state index >= 15 is 0 Å². The summed E-state index contributed by atoms with van der Waals surface area (Å²) in [4.78, 5) is 27.1. The molecule has 0 saturated carbocycles. The lowest BCUT2D eigenvalue weighted by atomic mass is 9.90. The van der Waals surface area contributed by atoms with Gasteiger partial charge in [0.05, 0.1) is 0 Å². The normalized spacial score (nSPS) is 16.6. The zero-order chi connectivity index (χ0) is 20.1. The van der Waals surface area contributed by atoms with Crippen LogP contribution in [0.1, 0.15) is 24.3 Å². The number of aromatic nitrogens is 3. The predicted octanol–water partition coefficient (Wildman–Crippen LogP) is 1.13. The van der Waals surface area contributed by atoms with Gasteiger partial charge in [0.1, 0.15) is 0 Å². The molecule has 0 radical (unpaired) electrons. The Morgan fingerprint density at radius 1 is 1.07 bits per heavy atom. The third kappa shape index (κ3) is 2.91. The number of rotatable bonds is 3. The summed E-state index contributed by atoms with van der Waals surface area (Å²) in [6.07, 6.45) is 4.47. The van der Waals surface area contributed by atoms with Gasteiger partial charge in [-0.1, -0.05) is 18.2 Å². The standard InChI is InChI=1S/C19H22N4O4S/c1-21-12-17(18(24)22(2)19(21)25)28(26,27)23-9-7-13(8-10-23)15-11-20-16-6-4-3-5-14(15)16/h3-6,11-13,20H,7-10H2,1-2H3. The summed E-state index contributed by atoms with van der Waals surface area (Å²) < 4.78 is 29.3. The van der Waals surface area contributed by atoms with E-state index in [4.69, 9.17) is 0 Å². The minimum Gasteiger partial charge on any atom is -0.361 e. The predicted molar refractivity (Wildman–Crippen MR) is 106 cm³/mol. The van der Waals surface area contributed by atoms with E-state index < -0.39 is 21.3 Å². The van der Waals surface area contributed by atoms with E-state index in [0.29, 0.717) is 25.9 Å². The number of H-pyrrole nitrogens is 1. The summed E-state index contributed by atoms with van der Waals surface area (Å²) in [6.45, 7) is 0.664. The Hall–Kier alpha value is -2.65. The molecule has 0 spiro atoms. The average Bonchev–Trinajstić information content (AvgIpc) is 3.13. The van der Waals surface area contributed by atoms with Gasteiger partial charge in [-0.25, -0.2) is 13.2 Å². The van der Waals surface area contributed by atoms with Crippen molar-refractivity contribution >= 4 is 20.9 Å². The summed E-state index contributed by atoms with van der Waals surface area (Å²) >= 11 is 0. The van der Waals surface area contributed by atoms with Gasteiger partial charge in [0, 0.05) is 50.5 Å². The summed E-state index contributed by atoms with van der Waals surface area (Å²) in [6, 6.07) is 8.06. The molecule has 1 aliphatic rings. The number of benzene rings is 1. The largest absolute Gasteiger partial charge is 0.361 e. The molecule has 0 atom stereocenters. The number of fused-ring (bicyclic) bond motifs is 1. The molecular weight excluding hydrogens is 380 g/mol. The van der Waals surface area contributed by atoms with Crippen LogP contribution in [0.4, 0.5) is 0 Å². The first-order chi connectivity index (χ1) is 13.3. The van der Waals surface area contributed by atoms with Crippen molar-refractivity contribution in [1.29, 1.82) is 0 Å². The first kappa shape index (κ1) is 18.7. The number of nitrogens with zero attached hydrogens (tertiary/aromatic N) is 3. The van der Waals surface area contributed by atoms with Crippen molar-refractivity contribution in [3.8, 4) is 0 Å². The van der Waals surface area contributed by atoms with Gasteiger partial charge < -0.3 is 9.55 Å². The van der Waals surface area contributed by atoms with E-state index in [1.54, 1.807) is 0 Å². The van der Waals surface area contributed by atoms with Gasteiger partial charge in [0.25, 0.3) is 5.56 Å². The minimum absolute atomic E-state index is 0.255. The highest BCUT2D eigenvalue weighted by Crippen LogP contribution is 2.34. The number of sulfonamides is 1. The maximum Gasteiger partial charge on any atom is 0.330 e. The van der Waals surface area contributed by atoms with Crippen LogP contribution in [0.2, 0.25) is 0 Å². The Bertz CT molecular complexity index is 1260. The molecule has 1 N–H and O–H groups in total. The Kier molecular flexibility index (Phi) is 4.51. The van der Waals surface area contributed by atoms with Crippen molar-refractivity contribution < 1.29 is 8.42 Å². The van der Waals surface area contributed by atoms with E-state index in [1.807, 2.05) is 24.4 Å². The van der Waals surface area contributed by atoms with Crippen LogP contribution in [0.25, 0.3) is 10.9 Å². The number of aromatic amines is 1. The average molecular weight is 402 g/mol. The minimum atomic E-state index is -3.96. The molecule has 9 heteroatoms. The number of hydrogen-bond donors (Lipinski definition) is 1. The fourth-order valence-electron chi connectivity index (χ4n) is 3.93. The number of nitrogens with one attached hydrogen (secondary N) is 1. The van der Waals surface area contributed by atoms with E-state index in [1.165, 1.54) is 24.0 Å². The quantitative estimate of drug-likeness (QED) is 0.710. The van der Waals surface area contributed by atoms with Crippen LogP contribution >= 0.6 is 0 Å². The van der Waals surface area contributed by atoms with Gasteiger partial charge in [-0.3, -0.25) is 9.36 Å². The lowest BCUT2D eigenvalue weighted by Crippen LogP contribution is -2.44. The van der Waals surface area contributed by atoms with Gasteiger partial charge in [-0.15, -0.1) is 0 Å². The molecule has 3 aromatic rings. The van der Waals surface area contributed by atoms with Gasteiger partial charge in [-0.05, 0) is 30.4 Å². The molecule has 0 bridgehead atoms. The lowest BCUT2D eigenvalue weighted by Gasteiger charge is -2.31. The summed E-state index contributed by atoms with van der Waals surface area (Å²) in [7, 11) is -1.24. The zero-order valence-electron chi connectivity index (χ0n) is 15.8. The molecule has 1 aromatic carbocycles. The Labute approximate surface area is 162 Å². The summed E-state index contributed by atoms with van der Waals surface area (Å²) in [5, 5.41) is 1.16. The molecule has 1 aliphatic heterocycles. The highest BCUT2D eigenvalue weighted by Gasteiger charge is 2.33. The monoisotopic (exact) mass is 402 g/mol. The first-order valence-electron chi connectivity index (χ1n) is 9.13. The zero-order valence-corrected chi connectivity index (χ0v) is 16.6.